The van der Waals surface area contributed by atoms with Crippen molar-refractivity contribution < 1.29 is 13.9 Å². The molecule has 4 nitrogen and oxygen atoms in total. The molecule has 0 N–H and O–H groups in total. The maximum atomic E-state index is 6.50. The van der Waals surface area contributed by atoms with Crippen LogP contribution in [0.5, 0.6) is 11.5 Å². The number of aromatic nitrogens is 1. The molecule has 0 aliphatic rings. The molecule has 0 atom stereocenters. The number of rotatable bonds is 4. The van der Waals surface area contributed by atoms with E-state index in [1.807, 2.05) is 30.5 Å². The van der Waals surface area contributed by atoms with Gasteiger partial charge in [0.25, 0.3) is 0 Å². The Morgan fingerprint density at radius 3 is 2.05 bits per heavy atom. The van der Waals surface area contributed by atoms with Crippen LogP contribution >= 0.6 is 0 Å². The SMILES string of the molecule is COc1cc(OC)cc(-c2ccnc(-c3cccc4c3oc3cc5cc6ccccc6cc5cc34)c2)c1. The van der Waals surface area contributed by atoms with Gasteiger partial charge in [-0.05, 0) is 87.3 Å². The van der Waals surface area contributed by atoms with E-state index in [1.165, 1.54) is 21.5 Å². The minimum absolute atomic E-state index is 0.742. The summed E-state index contributed by atoms with van der Waals surface area (Å²) in [5.41, 5.74) is 5.53. The Balaban J connectivity index is 1.41. The Labute approximate surface area is 213 Å². The van der Waals surface area contributed by atoms with Gasteiger partial charge in [-0.25, -0.2) is 0 Å². The Morgan fingerprint density at radius 2 is 1.32 bits per heavy atom. The second-order valence-electron chi connectivity index (χ2n) is 9.21. The molecule has 0 bridgehead atoms. The van der Waals surface area contributed by atoms with Crippen molar-refractivity contribution in [2.45, 2.75) is 0 Å². The molecule has 2 heterocycles. The second-order valence-corrected chi connectivity index (χ2v) is 9.21. The monoisotopic (exact) mass is 481 g/mol. The van der Waals surface area contributed by atoms with Gasteiger partial charge in [-0.2, -0.15) is 0 Å². The van der Waals surface area contributed by atoms with Gasteiger partial charge in [0.1, 0.15) is 22.7 Å². The number of nitrogens with zero attached hydrogens (tertiary/aromatic N) is 1. The molecule has 0 aliphatic carbocycles. The number of hydrogen-bond donors (Lipinski definition) is 0. The largest absolute Gasteiger partial charge is 0.497 e. The fourth-order valence-corrected chi connectivity index (χ4v) is 5.17. The highest BCUT2D eigenvalue weighted by Gasteiger charge is 2.15. The lowest BCUT2D eigenvalue weighted by molar-refractivity contribution is 0.394. The lowest BCUT2D eigenvalue weighted by Gasteiger charge is -2.10. The molecule has 0 saturated heterocycles. The Kier molecular flexibility index (Phi) is 4.86. The third-order valence-corrected chi connectivity index (χ3v) is 7.04. The van der Waals surface area contributed by atoms with Crippen molar-refractivity contribution in [3.8, 4) is 33.9 Å². The highest BCUT2D eigenvalue weighted by molar-refractivity contribution is 6.14. The summed E-state index contributed by atoms with van der Waals surface area (Å²) in [7, 11) is 3.32. The van der Waals surface area contributed by atoms with E-state index in [0.29, 0.717) is 0 Å². The van der Waals surface area contributed by atoms with Crippen LogP contribution in [0.3, 0.4) is 0 Å². The third kappa shape index (κ3) is 3.57. The molecule has 0 fully saturated rings. The molecule has 0 radical (unpaired) electrons. The maximum Gasteiger partial charge on any atom is 0.144 e. The zero-order valence-electron chi connectivity index (χ0n) is 20.5. The Hall–Kier alpha value is -4.83. The van der Waals surface area contributed by atoms with Crippen molar-refractivity contribution >= 4 is 43.5 Å². The molecule has 7 aromatic rings. The Bertz CT molecular complexity index is 1950. The summed E-state index contributed by atoms with van der Waals surface area (Å²) in [6.07, 6.45) is 1.83. The van der Waals surface area contributed by atoms with E-state index in [4.69, 9.17) is 18.9 Å². The van der Waals surface area contributed by atoms with Crippen LogP contribution in [0.4, 0.5) is 0 Å². The zero-order valence-corrected chi connectivity index (χ0v) is 20.5. The molecule has 178 valence electrons. The van der Waals surface area contributed by atoms with E-state index < -0.39 is 0 Å². The van der Waals surface area contributed by atoms with E-state index in [-0.39, 0.29) is 0 Å². The summed E-state index contributed by atoms with van der Waals surface area (Å²) in [6.45, 7) is 0. The first-order valence-electron chi connectivity index (χ1n) is 12.2. The molecular formula is C33H23NO3. The van der Waals surface area contributed by atoms with Crippen molar-refractivity contribution in [2.75, 3.05) is 14.2 Å². The van der Waals surface area contributed by atoms with Crippen molar-refractivity contribution in [1.82, 2.24) is 4.98 Å². The maximum absolute atomic E-state index is 6.50. The van der Waals surface area contributed by atoms with Crippen LogP contribution in [0, 0.1) is 0 Å². The molecule has 0 spiro atoms. The topological polar surface area (TPSA) is 44.5 Å². The minimum Gasteiger partial charge on any atom is -0.497 e. The van der Waals surface area contributed by atoms with Gasteiger partial charge in [0.15, 0.2) is 0 Å². The molecule has 4 heteroatoms. The Morgan fingerprint density at radius 1 is 0.595 bits per heavy atom. The number of pyridine rings is 1. The first kappa shape index (κ1) is 21.5. The molecule has 0 amide bonds. The highest BCUT2D eigenvalue weighted by atomic mass is 16.5. The van der Waals surface area contributed by atoms with E-state index in [1.54, 1.807) is 14.2 Å². The van der Waals surface area contributed by atoms with Crippen LogP contribution in [0.1, 0.15) is 0 Å². The van der Waals surface area contributed by atoms with Crippen LogP contribution in [0.15, 0.2) is 108 Å². The number of fused-ring (bicyclic) bond motifs is 5. The first-order valence-corrected chi connectivity index (χ1v) is 12.2. The number of para-hydroxylation sites is 1. The molecule has 0 unspecified atom stereocenters. The van der Waals surface area contributed by atoms with Crippen molar-refractivity contribution in [3.05, 3.63) is 103 Å². The average Bonchev–Trinajstić information content (AvgIpc) is 3.32. The normalized spacial score (nSPS) is 11.5. The van der Waals surface area contributed by atoms with Crippen LogP contribution in [0.25, 0.3) is 65.9 Å². The van der Waals surface area contributed by atoms with Gasteiger partial charge >= 0.3 is 0 Å². The summed E-state index contributed by atoms with van der Waals surface area (Å²) in [5.74, 6) is 1.48. The molecule has 37 heavy (non-hydrogen) atoms. The molecule has 7 rings (SSSR count). The van der Waals surface area contributed by atoms with Crippen LogP contribution in [-0.2, 0) is 0 Å². The molecule has 0 saturated carbocycles. The summed E-state index contributed by atoms with van der Waals surface area (Å²) >= 11 is 0. The van der Waals surface area contributed by atoms with Gasteiger partial charge in [0.05, 0.1) is 19.9 Å². The fraction of sp³-hybridized carbons (Fsp3) is 0.0606. The van der Waals surface area contributed by atoms with Crippen molar-refractivity contribution in [1.29, 1.82) is 0 Å². The smallest absolute Gasteiger partial charge is 0.144 e. The van der Waals surface area contributed by atoms with Gasteiger partial charge < -0.3 is 13.9 Å². The number of methoxy groups -OCH3 is 2. The fourth-order valence-electron chi connectivity index (χ4n) is 5.17. The lowest BCUT2D eigenvalue weighted by atomic mass is 10.00. The predicted octanol–water partition coefficient (Wildman–Crippen LogP) is 8.64. The highest BCUT2D eigenvalue weighted by Crippen LogP contribution is 2.39. The van der Waals surface area contributed by atoms with Gasteiger partial charge in [-0.1, -0.05) is 36.4 Å². The van der Waals surface area contributed by atoms with E-state index in [0.717, 1.165) is 55.8 Å². The lowest BCUT2D eigenvalue weighted by Crippen LogP contribution is -1.90. The molecule has 2 aromatic heterocycles. The van der Waals surface area contributed by atoms with E-state index in [9.17, 15) is 0 Å². The summed E-state index contributed by atoms with van der Waals surface area (Å²) in [4.78, 5) is 4.71. The standard InChI is InChI=1S/C33H23NO3/c1-35-26-14-25(15-27(19-26)36-2)22-10-11-34-31(17-22)29-9-5-8-28-30-16-23-12-20-6-3-4-7-21(20)13-24(23)18-32(30)37-33(28)29/h3-19H,1-2H3. The second kappa shape index (κ2) is 8.38. The number of hydrogen-bond acceptors (Lipinski definition) is 4. The minimum atomic E-state index is 0.742. The zero-order chi connectivity index (χ0) is 24.9. The third-order valence-electron chi connectivity index (χ3n) is 7.04. The van der Waals surface area contributed by atoms with Gasteiger partial charge in [-0.3, -0.25) is 4.98 Å². The van der Waals surface area contributed by atoms with E-state index in [2.05, 4.69) is 72.8 Å². The van der Waals surface area contributed by atoms with Crippen molar-refractivity contribution in [2.24, 2.45) is 0 Å². The molecular weight excluding hydrogens is 458 g/mol. The van der Waals surface area contributed by atoms with Gasteiger partial charge in [0.2, 0.25) is 0 Å². The summed E-state index contributed by atoms with van der Waals surface area (Å²) in [6, 6.07) is 33.5. The van der Waals surface area contributed by atoms with E-state index >= 15 is 0 Å². The van der Waals surface area contributed by atoms with Crippen molar-refractivity contribution in [3.63, 3.8) is 0 Å². The number of benzene rings is 5. The number of ether oxygens (including phenoxy) is 2. The van der Waals surface area contributed by atoms with Gasteiger partial charge in [-0.15, -0.1) is 0 Å². The van der Waals surface area contributed by atoms with Crippen LogP contribution in [0.2, 0.25) is 0 Å². The average molecular weight is 482 g/mol. The summed E-state index contributed by atoms with van der Waals surface area (Å²) < 4.78 is 17.4. The quantitative estimate of drug-likeness (QED) is 0.236. The molecule has 5 aromatic carbocycles. The number of furan rings is 1. The molecule has 0 aliphatic heterocycles. The van der Waals surface area contributed by atoms with Crippen LogP contribution in [-0.4, -0.2) is 19.2 Å². The summed E-state index contributed by atoms with van der Waals surface area (Å²) in [5, 5.41) is 7.01. The van der Waals surface area contributed by atoms with Gasteiger partial charge in [0, 0.05) is 28.6 Å². The predicted molar refractivity (Wildman–Crippen MR) is 151 cm³/mol. The first-order chi connectivity index (χ1) is 18.2. The van der Waals surface area contributed by atoms with Crippen LogP contribution < -0.4 is 9.47 Å².